The Morgan fingerprint density at radius 3 is 2.52 bits per heavy atom. The molecule has 1 heterocycles. The van der Waals surface area contributed by atoms with Gasteiger partial charge in [-0.25, -0.2) is 0 Å². The monoisotopic (exact) mass is 297 g/mol. The van der Waals surface area contributed by atoms with Crippen molar-refractivity contribution < 1.29 is 9.59 Å². The molecule has 1 rings (SSSR count). The molecule has 1 saturated heterocycles. The third-order valence-electron chi connectivity index (χ3n) is 4.32. The van der Waals surface area contributed by atoms with Gasteiger partial charge in [0.1, 0.15) is 0 Å². The molecule has 2 amide bonds. The van der Waals surface area contributed by atoms with E-state index in [1.165, 1.54) is 0 Å². The van der Waals surface area contributed by atoms with Crippen LogP contribution in [0.5, 0.6) is 0 Å². The Morgan fingerprint density at radius 1 is 1.38 bits per heavy atom. The lowest BCUT2D eigenvalue weighted by Gasteiger charge is -2.39. The predicted octanol–water partition coefficient (Wildman–Crippen LogP) is 1.51. The first kappa shape index (κ1) is 18.0. The number of carbonyl (C=O) groups excluding carboxylic acids is 2. The van der Waals surface area contributed by atoms with Gasteiger partial charge >= 0.3 is 0 Å². The van der Waals surface area contributed by atoms with E-state index in [0.29, 0.717) is 5.92 Å². The van der Waals surface area contributed by atoms with Crippen LogP contribution in [0.25, 0.3) is 0 Å². The number of hydrogen-bond acceptors (Lipinski definition) is 3. The highest BCUT2D eigenvalue weighted by atomic mass is 16.2. The van der Waals surface area contributed by atoms with E-state index in [4.69, 9.17) is 5.73 Å². The summed E-state index contributed by atoms with van der Waals surface area (Å²) in [6.07, 6.45) is 3.74. The minimum Gasteiger partial charge on any atom is -0.368 e. The van der Waals surface area contributed by atoms with Crippen molar-refractivity contribution in [1.29, 1.82) is 0 Å². The number of likely N-dealkylation sites (tertiary alicyclic amines) is 1. The summed E-state index contributed by atoms with van der Waals surface area (Å²) in [4.78, 5) is 25.5. The van der Waals surface area contributed by atoms with Gasteiger partial charge in [0.2, 0.25) is 11.8 Å². The van der Waals surface area contributed by atoms with E-state index in [9.17, 15) is 9.59 Å². The number of hydrogen-bond donors (Lipinski definition) is 2. The second-order valence-corrected chi connectivity index (χ2v) is 6.58. The van der Waals surface area contributed by atoms with Crippen LogP contribution in [0.15, 0.2) is 0 Å². The van der Waals surface area contributed by atoms with Crippen molar-refractivity contribution in [2.75, 3.05) is 13.1 Å². The second kappa shape index (κ2) is 8.37. The number of piperidine rings is 1. The van der Waals surface area contributed by atoms with Crippen LogP contribution in [0.2, 0.25) is 0 Å². The van der Waals surface area contributed by atoms with Crippen LogP contribution < -0.4 is 11.1 Å². The molecule has 5 heteroatoms. The van der Waals surface area contributed by atoms with Gasteiger partial charge in [0.25, 0.3) is 0 Å². The molecule has 0 unspecified atom stereocenters. The van der Waals surface area contributed by atoms with Gasteiger partial charge in [0, 0.05) is 25.0 Å². The predicted molar refractivity (Wildman–Crippen MR) is 84.6 cm³/mol. The highest BCUT2D eigenvalue weighted by molar-refractivity contribution is 5.80. The maximum absolute atomic E-state index is 12.1. The number of amides is 2. The molecule has 0 aromatic rings. The highest BCUT2D eigenvalue weighted by Gasteiger charge is 2.31. The molecule has 1 aliphatic rings. The van der Waals surface area contributed by atoms with Crippen LogP contribution >= 0.6 is 0 Å². The summed E-state index contributed by atoms with van der Waals surface area (Å²) >= 11 is 0. The minimum atomic E-state index is -0.267. The third kappa shape index (κ3) is 5.30. The van der Waals surface area contributed by atoms with Crippen molar-refractivity contribution in [1.82, 2.24) is 10.2 Å². The number of carbonyl (C=O) groups is 2. The minimum absolute atomic E-state index is 0.0460. The lowest BCUT2D eigenvalue weighted by atomic mass is 9.91. The van der Waals surface area contributed by atoms with Crippen LogP contribution in [-0.4, -0.2) is 41.9 Å². The van der Waals surface area contributed by atoms with Crippen LogP contribution in [-0.2, 0) is 9.59 Å². The molecule has 3 atom stereocenters. The Labute approximate surface area is 128 Å². The molecule has 1 aliphatic heterocycles. The lowest BCUT2D eigenvalue weighted by molar-refractivity contribution is -0.136. The Morgan fingerprint density at radius 2 is 2.05 bits per heavy atom. The maximum Gasteiger partial charge on any atom is 0.234 e. The molecule has 1 fully saturated rings. The smallest absolute Gasteiger partial charge is 0.234 e. The van der Waals surface area contributed by atoms with E-state index in [0.717, 1.165) is 38.8 Å². The topological polar surface area (TPSA) is 75.4 Å². The molecular formula is C16H31N3O2. The SMILES string of the molecule is CCCC[C@H](N[C@@H]1CCN(C(=O)C(C)C)C[C@H]1C)C(N)=O. The zero-order valence-corrected chi connectivity index (χ0v) is 13.9. The van der Waals surface area contributed by atoms with Gasteiger partial charge in [-0.15, -0.1) is 0 Å². The van der Waals surface area contributed by atoms with Gasteiger partial charge < -0.3 is 16.0 Å². The zero-order chi connectivity index (χ0) is 16.0. The van der Waals surface area contributed by atoms with Crippen LogP contribution in [0.3, 0.4) is 0 Å². The van der Waals surface area contributed by atoms with E-state index in [-0.39, 0.29) is 29.8 Å². The number of nitrogens with one attached hydrogen (secondary N) is 1. The van der Waals surface area contributed by atoms with E-state index >= 15 is 0 Å². The molecular weight excluding hydrogens is 266 g/mol. The molecule has 5 nitrogen and oxygen atoms in total. The summed E-state index contributed by atoms with van der Waals surface area (Å²) in [5.74, 6) is 0.337. The van der Waals surface area contributed by atoms with Crippen molar-refractivity contribution >= 4 is 11.8 Å². The maximum atomic E-state index is 12.1. The number of nitrogens with two attached hydrogens (primary N) is 1. The fourth-order valence-electron chi connectivity index (χ4n) is 2.93. The molecule has 0 aromatic heterocycles. The van der Waals surface area contributed by atoms with Gasteiger partial charge in [-0.1, -0.05) is 40.5 Å². The van der Waals surface area contributed by atoms with E-state index in [1.54, 1.807) is 0 Å². The van der Waals surface area contributed by atoms with Gasteiger partial charge in [0.15, 0.2) is 0 Å². The molecule has 0 aromatic carbocycles. The second-order valence-electron chi connectivity index (χ2n) is 6.58. The molecule has 0 bridgehead atoms. The summed E-state index contributed by atoms with van der Waals surface area (Å²) in [6.45, 7) is 9.63. The number of primary amides is 1. The molecule has 3 N–H and O–H groups in total. The first-order chi connectivity index (χ1) is 9.86. The van der Waals surface area contributed by atoms with Crippen molar-refractivity contribution in [3.8, 4) is 0 Å². The van der Waals surface area contributed by atoms with Crippen LogP contribution in [0, 0.1) is 11.8 Å². The summed E-state index contributed by atoms with van der Waals surface area (Å²) in [5.41, 5.74) is 5.49. The summed E-state index contributed by atoms with van der Waals surface area (Å²) < 4.78 is 0. The summed E-state index contributed by atoms with van der Waals surface area (Å²) in [5, 5.41) is 3.42. The van der Waals surface area contributed by atoms with E-state index in [1.807, 2.05) is 18.7 Å². The number of unbranched alkanes of at least 4 members (excludes halogenated alkanes) is 1. The normalized spacial score (nSPS) is 24.1. The Bertz CT molecular complexity index is 357. The van der Waals surface area contributed by atoms with Crippen molar-refractivity contribution in [2.45, 2.75) is 65.5 Å². The quantitative estimate of drug-likeness (QED) is 0.748. The van der Waals surface area contributed by atoms with E-state index < -0.39 is 0 Å². The van der Waals surface area contributed by atoms with Gasteiger partial charge in [-0.3, -0.25) is 9.59 Å². The highest BCUT2D eigenvalue weighted by Crippen LogP contribution is 2.19. The van der Waals surface area contributed by atoms with Gasteiger partial charge in [0.05, 0.1) is 6.04 Å². The average molecular weight is 297 g/mol. The first-order valence-electron chi connectivity index (χ1n) is 8.20. The third-order valence-corrected chi connectivity index (χ3v) is 4.32. The van der Waals surface area contributed by atoms with Crippen molar-refractivity contribution in [3.63, 3.8) is 0 Å². The van der Waals surface area contributed by atoms with Gasteiger partial charge in [-0.05, 0) is 18.8 Å². The standard InChI is InChI=1S/C16H31N3O2/c1-5-6-7-14(15(17)20)18-13-8-9-19(10-12(13)4)16(21)11(2)3/h11-14,18H,5-10H2,1-4H3,(H2,17,20)/t12-,13-,14+/m1/s1. The summed E-state index contributed by atoms with van der Waals surface area (Å²) in [6, 6.07) is 0.0142. The van der Waals surface area contributed by atoms with Crippen LogP contribution in [0.4, 0.5) is 0 Å². The largest absolute Gasteiger partial charge is 0.368 e. The molecule has 0 aliphatic carbocycles. The Balaban J connectivity index is 2.54. The molecule has 0 saturated carbocycles. The van der Waals surface area contributed by atoms with Crippen molar-refractivity contribution in [2.24, 2.45) is 17.6 Å². The Kier molecular flexibility index (Phi) is 7.15. The van der Waals surface area contributed by atoms with Gasteiger partial charge in [-0.2, -0.15) is 0 Å². The lowest BCUT2D eigenvalue weighted by Crippen LogP contribution is -2.55. The van der Waals surface area contributed by atoms with E-state index in [2.05, 4.69) is 19.2 Å². The summed E-state index contributed by atoms with van der Waals surface area (Å²) in [7, 11) is 0. The van der Waals surface area contributed by atoms with Crippen molar-refractivity contribution in [3.05, 3.63) is 0 Å². The fourth-order valence-corrected chi connectivity index (χ4v) is 2.93. The zero-order valence-electron chi connectivity index (χ0n) is 13.9. The molecule has 21 heavy (non-hydrogen) atoms. The fraction of sp³-hybridized carbons (Fsp3) is 0.875. The van der Waals surface area contributed by atoms with Crippen LogP contribution in [0.1, 0.15) is 53.4 Å². The molecule has 0 spiro atoms. The average Bonchev–Trinajstić information content (AvgIpc) is 2.43. The molecule has 122 valence electrons. The Hall–Kier alpha value is -1.10. The number of nitrogens with zero attached hydrogens (tertiary/aromatic N) is 1. The number of rotatable bonds is 7. The first-order valence-corrected chi connectivity index (χ1v) is 8.20. The molecule has 0 radical (unpaired) electrons.